The number of H-pyrrole nitrogens is 1. The predicted molar refractivity (Wildman–Crippen MR) is 127 cm³/mol. The number of carbonyl (C=O) groups excluding carboxylic acids is 1. The Morgan fingerprint density at radius 3 is 2.40 bits per heavy atom. The van der Waals surface area contributed by atoms with Crippen LogP contribution in [-0.4, -0.2) is 31.2 Å². The van der Waals surface area contributed by atoms with Crippen molar-refractivity contribution in [1.29, 1.82) is 0 Å². The Balaban J connectivity index is 1.67. The van der Waals surface area contributed by atoms with Gasteiger partial charge in [-0.05, 0) is 41.5 Å². The van der Waals surface area contributed by atoms with E-state index >= 15 is 0 Å². The second-order valence-corrected chi connectivity index (χ2v) is 8.03. The van der Waals surface area contributed by atoms with Gasteiger partial charge in [0.25, 0.3) is 5.91 Å². The fourth-order valence-corrected chi connectivity index (χ4v) is 3.57. The Morgan fingerprint density at radius 1 is 1.00 bits per heavy atom. The molecule has 0 atom stereocenters. The summed E-state index contributed by atoms with van der Waals surface area (Å²) in [6.45, 7) is 0. The number of halogens is 1. The number of anilines is 1. The number of amides is 1. The largest absolute Gasteiger partial charge is 0.378 e. The van der Waals surface area contributed by atoms with E-state index in [0.29, 0.717) is 5.69 Å². The van der Waals surface area contributed by atoms with Gasteiger partial charge >= 0.3 is 0 Å². The summed E-state index contributed by atoms with van der Waals surface area (Å²) >= 11 is 3.41. The zero-order valence-corrected chi connectivity index (χ0v) is 18.3. The highest BCUT2D eigenvalue weighted by Gasteiger charge is 2.19. The fraction of sp³-hybridized carbons (Fsp3) is 0.0833. The lowest BCUT2D eigenvalue weighted by Gasteiger charge is -2.13. The van der Waals surface area contributed by atoms with E-state index in [2.05, 4.69) is 31.4 Å². The molecule has 1 amide bonds. The summed E-state index contributed by atoms with van der Waals surface area (Å²) in [7, 11) is 4.01. The summed E-state index contributed by atoms with van der Waals surface area (Å²) < 4.78 is 0.992. The van der Waals surface area contributed by atoms with Gasteiger partial charge in [0.05, 0.1) is 6.21 Å². The number of hydrazone groups is 1. The number of hydrogen-bond donors (Lipinski definition) is 2. The lowest BCUT2D eigenvalue weighted by atomic mass is 10.0. The van der Waals surface area contributed by atoms with E-state index in [0.717, 1.165) is 37.8 Å². The first kappa shape index (κ1) is 19.9. The summed E-state index contributed by atoms with van der Waals surface area (Å²) in [6.07, 6.45) is 1.62. The molecule has 0 saturated carbocycles. The van der Waals surface area contributed by atoms with Gasteiger partial charge in [0.1, 0.15) is 5.69 Å². The van der Waals surface area contributed by atoms with E-state index < -0.39 is 0 Å². The SMILES string of the molecule is CN(C)c1ccc(-c2c(C(=O)NN=Cc3ccc(Br)cc3)[nH]c3ccccc23)cc1. The topological polar surface area (TPSA) is 60.5 Å². The van der Waals surface area contributed by atoms with E-state index in [-0.39, 0.29) is 5.91 Å². The molecule has 0 unspecified atom stereocenters. The Hall–Kier alpha value is -3.38. The van der Waals surface area contributed by atoms with Crippen LogP contribution in [0.25, 0.3) is 22.0 Å². The van der Waals surface area contributed by atoms with Crippen LogP contribution in [0.15, 0.2) is 82.4 Å². The average molecular weight is 461 g/mol. The maximum atomic E-state index is 13.0. The summed E-state index contributed by atoms with van der Waals surface area (Å²) in [4.78, 5) is 18.3. The molecule has 4 aromatic rings. The molecule has 0 spiro atoms. The van der Waals surface area contributed by atoms with Crippen molar-refractivity contribution < 1.29 is 4.79 Å². The van der Waals surface area contributed by atoms with Gasteiger partial charge < -0.3 is 9.88 Å². The van der Waals surface area contributed by atoms with Crippen molar-refractivity contribution in [2.24, 2.45) is 5.10 Å². The van der Waals surface area contributed by atoms with Crippen LogP contribution >= 0.6 is 15.9 Å². The van der Waals surface area contributed by atoms with Crippen molar-refractivity contribution in [3.8, 4) is 11.1 Å². The summed E-state index contributed by atoms with van der Waals surface area (Å²) in [5, 5.41) is 5.12. The van der Waals surface area contributed by atoms with Gasteiger partial charge in [0.15, 0.2) is 0 Å². The molecule has 3 aromatic carbocycles. The zero-order chi connectivity index (χ0) is 21.1. The minimum absolute atomic E-state index is 0.286. The van der Waals surface area contributed by atoms with Crippen molar-refractivity contribution >= 4 is 44.6 Å². The highest BCUT2D eigenvalue weighted by molar-refractivity contribution is 9.10. The molecule has 150 valence electrons. The zero-order valence-electron chi connectivity index (χ0n) is 16.7. The van der Waals surface area contributed by atoms with Gasteiger partial charge in [-0.2, -0.15) is 5.10 Å². The normalized spacial score (nSPS) is 11.2. The molecule has 6 heteroatoms. The Bertz CT molecular complexity index is 1210. The predicted octanol–water partition coefficient (Wildman–Crippen LogP) is 5.43. The maximum Gasteiger partial charge on any atom is 0.288 e. The molecule has 0 aliphatic heterocycles. The molecular formula is C24H21BrN4O. The molecule has 0 saturated heterocycles. The number of aromatic amines is 1. The van der Waals surface area contributed by atoms with Gasteiger partial charge in [-0.3, -0.25) is 4.79 Å². The molecule has 1 heterocycles. The van der Waals surface area contributed by atoms with Crippen LogP contribution in [0.2, 0.25) is 0 Å². The first-order valence-electron chi connectivity index (χ1n) is 9.50. The maximum absolute atomic E-state index is 13.0. The van der Waals surface area contributed by atoms with Crippen LogP contribution in [0, 0.1) is 0 Å². The van der Waals surface area contributed by atoms with Crippen molar-refractivity contribution in [2.45, 2.75) is 0 Å². The van der Waals surface area contributed by atoms with Gasteiger partial charge in [-0.25, -0.2) is 5.43 Å². The Kier molecular flexibility index (Phi) is 5.68. The van der Waals surface area contributed by atoms with Crippen molar-refractivity contribution in [2.75, 3.05) is 19.0 Å². The van der Waals surface area contributed by atoms with Crippen LogP contribution < -0.4 is 10.3 Å². The number of para-hydroxylation sites is 1. The van der Waals surface area contributed by atoms with E-state index in [1.54, 1.807) is 6.21 Å². The number of carbonyl (C=O) groups is 1. The third-order valence-corrected chi connectivity index (χ3v) is 5.38. The lowest BCUT2D eigenvalue weighted by molar-refractivity contribution is 0.0951. The number of hydrogen-bond acceptors (Lipinski definition) is 3. The van der Waals surface area contributed by atoms with Gasteiger partial charge in [-0.15, -0.1) is 0 Å². The van der Waals surface area contributed by atoms with Crippen molar-refractivity contribution in [1.82, 2.24) is 10.4 Å². The average Bonchev–Trinajstić information content (AvgIpc) is 3.15. The standard InChI is InChI=1S/C24H21BrN4O/c1-29(2)19-13-9-17(10-14-19)22-20-5-3-4-6-21(20)27-23(22)24(30)28-26-15-16-7-11-18(25)12-8-16/h3-15,27H,1-2H3,(H,28,30). The Labute approximate surface area is 183 Å². The van der Waals surface area contributed by atoms with Gasteiger partial charge in [0, 0.05) is 40.7 Å². The van der Waals surface area contributed by atoms with Crippen LogP contribution in [0.4, 0.5) is 5.69 Å². The van der Waals surface area contributed by atoms with Crippen molar-refractivity contribution in [3.05, 3.63) is 88.5 Å². The van der Waals surface area contributed by atoms with E-state index in [4.69, 9.17) is 0 Å². The fourth-order valence-electron chi connectivity index (χ4n) is 3.31. The van der Waals surface area contributed by atoms with Crippen LogP contribution in [0.3, 0.4) is 0 Å². The number of aromatic nitrogens is 1. The molecule has 0 bridgehead atoms. The molecule has 1 aromatic heterocycles. The summed E-state index contributed by atoms with van der Waals surface area (Å²) in [5.41, 5.74) is 7.88. The van der Waals surface area contributed by atoms with Gasteiger partial charge in [0.2, 0.25) is 0 Å². The van der Waals surface area contributed by atoms with E-state index in [1.807, 2.05) is 91.8 Å². The minimum atomic E-state index is -0.286. The third kappa shape index (κ3) is 4.14. The van der Waals surface area contributed by atoms with Crippen LogP contribution in [-0.2, 0) is 0 Å². The number of fused-ring (bicyclic) bond motifs is 1. The first-order valence-corrected chi connectivity index (χ1v) is 10.3. The Morgan fingerprint density at radius 2 is 1.70 bits per heavy atom. The highest BCUT2D eigenvalue weighted by atomic mass is 79.9. The number of nitrogens with zero attached hydrogens (tertiary/aromatic N) is 2. The monoisotopic (exact) mass is 460 g/mol. The van der Waals surface area contributed by atoms with E-state index in [9.17, 15) is 4.79 Å². The van der Waals surface area contributed by atoms with Crippen molar-refractivity contribution in [3.63, 3.8) is 0 Å². The molecule has 5 nitrogen and oxygen atoms in total. The summed E-state index contributed by atoms with van der Waals surface area (Å²) in [5.74, 6) is -0.286. The van der Waals surface area contributed by atoms with Crippen LogP contribution in [0.1, 0.15) is 16.1 Å². The quantitative estimate of drug-likeness (QED) is 0.308. The van der Waals surface area contributed by atoms with Gasteiger partial charge in [-0.1, -0.05) is 58.4 Å². The molecule has 0 radical (unpaired) electrons. The minimum Gasteiger partial charge on any atom is -0.378 e. The highest BCUT2D eigenvalue weighted by Crippen LogP contribution is 2.33. The molecule has 0 aliphatic carbocycles. The molecule has 4 rings (SSSR count). The molecular weight excluding hydrogens is 440 g/mol. The smallest absolute Gasteiger partial charge is 0.288 e. The second-order valence-electron chi connectivity index (χ2n) is 7.11. The number of rotatable bonds is 5. The summed E-state index contributed by atoms with van der Waals surface area (Å²) in [6, 6.07) is 23.8. The molecule has 0 fully saturated rings. The first-order chi connectivity index (χ1) is 14.5. The third-order valence-electron chi connectivity index (χ3n) is 4.86. The molecule has 30 heavy (non-hydrogen) atoms. The second kappa shape index (κ2) is 8.55. The molecule has 2 N–H and O–H groups in total. The van der Waals surface area contributed by atoms with Crippen LogP contribution in [0.5, 0.6) is 0 Å². The molecule has 0 aliphatic rings. The lowest BCUT2D eigenvalue weighted by Crippen LogP contribution is -2.18. The number of nitrogens with one attached hydrogen (secondary N) is 2. The number of benzene rings is 3. The van der Waals surface area contributed by atoms with E-state index in [1.165, 1.54) is 0 Å².